The maximum absolute atomic E-state index is 5.42. The Balaban J connectivity index is 0.00000112. The molecule has 0 unspecified atom stereocenters. The van der Waals surface area contributed by atoms with Gasteiger partial charge in [-0.15, -0.1) is 12.4 Å². The van der Waals surface area contributed by atoms with Crippen LogP contribution < -0.4 is 5.32 Å². The third-order valence-corrected chi connectivity index (χ3v) is 3.71. The van der Waals surface area contributed by atoms with Crippen molar-refractivity contribution in [3.8, 4) is 0 Å². The van der Waals surface area contributed by atoms with Crippen LogP contribution in [0.5, 0.6) is 0 Å². The zero-order valence-corrected chi connectivity index (χ0v) is 10.6. The quantitative estimate of drug-likeness (QED) is 0.793. The summed E-state index contributed by atoms with van der Waals surface area (Å²) in [6.45, 7) is 7.87. The molecule has 2 aliphatic rings. The molecule has 0 saturated carbocycles. The predicted molar refractivity (Wildman–Crippen MR) is 64.7 cm³/mol. The van der Waals surface area contributed by atoms with Crippen molar-refractivity contribution in [1.82, 2.24) is 10.2 Å². The number of nitrogens with one attached hydrogen (secondary N) is 1. The highest BCUT2D eigenvalue weighted by molar-refractivity contribution is 5.85. The van der Waals surface area contributed by atoms with Crippen LogP contribution in [0.15, 0.2) is 0 Å². The summed E-state index contributed by atoms with van der Waals surface area (Å²) in [4.78, 5) is 2.52. The summed E-state index contributed by atoms with van der Waals surface area (Å²) in [5, 5.41) is 3.33. The normalized spacial score (nSPS) is 25.8. The molecule has 2 rings (SSSR count). The van der Waals surface area contributed by atoms with Gasteiger partial charge in [0.05, 0.1) is 0 Å². The summed E-state index contributed by atoms with van der Waals surface area (Å²) < 4.78 is 5.42. The number of nitrogens with zero attached hydrogens (tertiary/aromatic N) is 1. The van der Waals surface area contributed by atoms with Gasteiger partial charge in [-0.05, 0) is 25.3 Å². The van der Waals surface area contributed by atoms with Gasteiger partial charge in [0.15, 0.2) is 0 Å². The van der Waals surface area contributed by atoms with Gasteiger partial charge < -0.3 is 15.0 Å². The van der Waals surface area contributed by atoms with Gasteiger partial charge in [-0.1, -0.05) is 6.92 Å². The monoisotopic (exact) mass is 234 g/mol. The highest BCUT2D eigenvalue weighted by Crippen LogP contribution is 2.30. The predicted octanol–water partition coefficient (Wildman–Crippen LogP) is 1.13. The van der Waals surface area contributed by atoms with E-state index in [0.717, 1.165) is 19.3 Å². The minimum absolute atomic E-state index is 0. The Hall–Kier alpha value is 0.170. The summed E-state index contributed by atoms with van der Waals surface area (Å²) in [6, 6.07) is 0.773. The van der Waals surface area contributed by atoms with Crippen molar-refractivity contribution in [2.24, 2.45) is 5.41 Å². The minimum Gasteiger partial charge on any atom is -0.381 e. The first-order valence-electron chi connectivity index (χ1n) is 5.68. The Bertz CT molecular complexity index is 191. The van der Waals surface area contributed by atoms with Gasteiger partial charge in [0, 0.05) is 38.9 Å². The molecule has 0 aromatic heterocycles. The van der Waals surface area contributed by atoms with Crippen molar-refractivity contribution in [3.63, 3.8) is 0 Å². The van der Waals surface area contributed by atoms with Crippen LogP contribution in [0.1, 0.15) is 19.8 Å². The van der Waals surface area contributed by atoms with E-state index < -0.39 is 0 Å². The van der Waals surface area contributed by atoms with Crippen LogP contribution in [0, 0.1) is 5.41 Å². The highest BCUT2D eigenvalue weighted by Gasteiger charge is 2.32. The summed E-state index contributed by atoms with van der Waals surface area (Å²) in [7, 11) is 2.26. The van der Waals surface area contributed by atoms with Gasteiger partial charge in [-0.3, -0.25) is 0 Å². The molecule has 90 valence electrons. The van der Waals surface area contributed by atoms with Crippen molar-refractivity contribution in [3.05, 3.63) is 0 Å². The highest BCUT2D eigenvalue weighted by atomic mass is 35.5. The van der Waals surface area contributed by atoms with E-state index in [4.69, 9.17) is 4.74 Å². The summed E-state index contributed by atoms with van der Waals surface area (Å²) in [5.41, 5.74) is 0.489. The van der Waals surface area contributed by atoms with Crippen molar-refractivity contribution in [1.29, 1.82) is 0 Å². The number of likely N-dealkylation sites (N-methyl/N-ethyl adjacent to an activating group) is 1. The van der Waals surface area contributed by atoms with E-state index in [0.29, 0.717) is 5.41 Å². The lowest BCUT2D eigenvalue weighted by atomic mass is 9.81. The molecule has 2 heterocycles. The Morgan fingerprint density at radius 1 is 1.33 bits per heavy atom. The van der Waals surface area contributed by atoms with E-state index in [1.54, 1.807) is 0 Å². The van der Waals surface area contributed by atoms with E-state index in [-0.39, 0.29) is 12.4 Å². The maximum atomic E-state index is 5.42. The van der Waals surface area contributed by atoms with Crippen molar-refractivity contribution in [2.75, 3.05) is 39.9 Å². The second-order valence-corrected chi connectivity index (χ2v) is 5.15. The van der Waals surface area contributed by atoms with Crippen LogP contribution in [0.3, 0.4) is 0 Å². The van der Waals surface area contributed by atoms with Crippen molar-refractivity contribution < 1.29 is 4.74 Å². The maximum Gasteiger partial charge on any atom is 0.0471 e. The molecule has 0 bridgehead atoms. The van der Waals surface area contributed by atoms with Gasteiger partial charge in [-0.2, -0.15) is 0 Å². The Morgan fingerprint density at radius 2 is 1.93 bits per heavy atom. The SMILES string of the molecule is CN(CC1(C)CCOCC1)C1CNC1.Cl. The minimum atomic E-state index is 0. The smallest absolute Gasteiger partial charge is 0.0471 e. The first kappa shape index (κ1) is 13.2. The fraction of sp³-hybridized carbons (Fsp3) is 1.00. The number of ether oxygens (including phenoxy) is 1. The first-order chi connectivity index (χ1) is 6.70. The van der Waals surface area contributed by atoms with Gasteiger partial charge in [-0.25, -0.2) is 0 Å². The van der Waals surface area contributed by atoms with E-state index in [9.17, 15) is 0 Å². The third kappa shape index (κ3) is 3.31. The van der Waals surface area contributed by atoms with Gasteiger partial charge in [0.25, 0.3) is 0 Å². The summed E-state index contributed by atoms with van der Waals surface area (Å²) in [5.74, 6) is 0. The van der Waals surface area contributed by atoms with Gasteiger partial charge >= 0.3 is 0 Å². The molecule has 4 heteroatoms. The molecule has 2 aliphatic heterocycles. The van der Waals surface area contributed by atoms with Gasteiger partial charge in [0.2, 0.25) is 0 Å². The number of halogens is 1. The lowest BCUT2D eigenvalue weighted by Crippen LogP contribution is -2.57. The largest absolute Gasteiger partial charge is 0.381 e. The Morgan fingerprint density at radius 3 is 2.40 bits per heavy atom. The molecule has 3 nitrogen and oxygen atoms in total. The molecule has 2 fully saturated rings. The molecule has 15 heavy (non-hydrogen) atoms. The molecule has 0 spiro atoms. The standard InChI is InChI=1S/C11H22N2O.ClH/c1-11(3-5-14-6-4-11)9-13(2)10-7-12-8-10;/h10,12H,3-9H2,1-2H3;1H. The van der Waals surface area contributed by atoms with E-state index in [1.807, 2.05) is 0 Å². The fourth-order valence-corrected chi connectivity index (χ4v) is 2.34. The fourth-order valence-electron chi connectivity index (χ4n) is 2.34. The average Bonchev–Trinajstić information content (AvgIpc) is 2.00. The van der Waals surface area contributed by atoms with Crippen LogP contribution in [0.25, 0.3) is 0 Å². The van der Waals surface area contributed by atoms with Crippen LogP contribution in [-0.4, -0.2) is 50.8 Å². The lowest BCUT2D eigenvalue weighted by molar-refractivity contribution is -0.00128. The Kier molecular flexibility index (Phi) is 4.84. The van der Waals surface area contributed by atoms with Crippen molar-refractivity contribution in [2.45, 2.75) is 25.8 Å². The number of hydrogen-bond acceptors (Lipinski definition) is 3. The number of rotatable bonds is 3. The van der Waals surface area contributed by atoms with Crippen LogP contribution in [0.2, 0.25) is 0 Å². The van der Waals surface area contributed by atoms with Crippen LogP contribution in [-0.2, 0) is 4.74 Å². The molecule has 2 saturated heterocycles. The van der Waals surface area contributed by atoms with E-state index in [2.05, 4.69) is 24.2 Å². The molecule has 0 aromatic rings. The first-order valence-corrected chi connectivity index (χ1v) is 5.68. The average molecular weight is 235 g/mol. The molecule has 1 N–H and O–H groups in total. The lowest BCUT2D eigenvalue weighted by Gasteiger charge is -2.42. The van der Waals surface area contributed by atoms with E-state index in [1.165, 1.54) is 32.5 Å². The van der Waals surface area contributed by atoms with Crippen LogP contribution in [0.4, 0.5) is 0 Å². The van der Waals surface area contributed by atoms with Crippen molar-refractivity contribution >= 4 is 12.4 Å². The second-order valence-electron chi connectivity index (χ2n) is 5.15. The Labute approximate surface area is 99.0 Å². The topological polar surface area (TPSA) is 24.5 Å². The molecular formula is C11H23ClN2O. The second kappa shape index (κ2) is 5.48. The van der Waals surface area contributed by atoms with Crippen LogP contribution >= 0.6 is 12.4 Å². The summed E-state index contributed by atoms with van der Waals surface area (Å²) >= 11 is 0. The van der Waals surface area contributed by atoms with Gasteiger partial charge in [0.1, 0.15) is 0 Å². The molecular weight excluding hydrogens is 212 g/mol. The number of hydrogen-bond donors (Lipinski definition) is 1. The zero-order chi connectivity index (χ0) is 10.0. The zero-order valence-electron chi connectivity index (χ0n) is 9.79. The summed E-state index contributed by atoms with van der Waals surface area (Å²) in [6.07, 6.45) is 2.44. The molecule has 0 amide bonds. The molecule has 0 radical (unpaired) electrons. The third-order valence-electron chi connectivity index (χ3n) is 3.71. The molecule has 0 aromatic carbocycles. The van der Waals surface area contributed by atoms with E-state index >= 15 is 0 Å². The molecule has 0 aliphatic carbocycles. The molecule has 0 atom stereocenters.